The number of benzene rings is 1. The first-order valence-corrected chi connectivity index (χ1v) is 6.07. The van der Waals surface area contributed by atoms with Gasteiger partial charge in [0, 0.05) is 19.2 Å². The number of nitrogens with zero attached hydrogens (tertiary/aromatic N) is 1. The summed E-state index contributed by atoms with van der Waals surface area (Å²) in [5, 5.41) is 21.1. The molecule has 0 aromatic heterocycles. The molecule has 2 amide bonds. The monoisotopic (exact) mass is 266 g/mol. The van der Waals surface area contributed by atoms with Crippen LogP contribution >= 0.6 is 0 Å². The highest BCUT2D eigenvalue weighted by Gasteiger charge is 2.14. The molecule has 0 spiro atoms. The van der Waals surface area contributed by atoms with Gasteiger partial charge in [-0.15, -0.1) is 0 Å². The normalized spacial score (nSPS) is 10.0. The Bertz CT molecular complexity index is 470. The zero-order valence-electron chi connectivity index (χ0n) is 11.0. The number of aromatic hydroxyl groups is 2. The summed E-state index contributed by atoms with van der Waals surface area (Å²) in [6.45, 7) is 4.75. The Kier molecular flexibility index (Phi) is 5.17. The lowest BCUT2D eigenvalue weighted by Gasteiger charge is -2.18. The molecule has 0 aliphatic rings. The Labute approximate surface area is 111 Å². The third-order valence-corrected chi connectivity index (χ3v) is 2.74. The van der Waals surface area contributed by atoms with Gasteiger partial charge in [-0.3, -0.25) is 9.59 Å². The number of hydrogen-bond donors (Lipinski definition) is 3. The Hall–Kier alpha value is -2.24. The van der Waals surface area contributed by atoms with E-state index in [1.165, 1.54) is 12.1 Å². The van der Waals surface area contributed by atoms with Gasteiger partial charge in [-0.05, 0) is 26.0 Å². The first-order valence-electron chi connectivity index (χ1n) is 6.07. The van der Waals surface area contributed by atoms with Crippen LogP contribution in [0.25, 0.3) is 0 Å². The number of amides is 2. The van der Waals surface area contributed by atoms with Crippen molar-refractivity contribution in [3.63, 3.8) is 0 Å². The number of phenolic OH excluding ortho intramolecular Hbond substituents is 2. The minimum absolute atomic E-state index is 0.0187. The molecule has 104 valence electrons. The average molecular weight is 266 g/mol. The first kappa shape index (κ1) is 14.8. The van der Waals surface area contributed by atoms with Crippen molar-refractivity contribution in [2.75, 3.05) is 19.6 Å². The Morgan fingerprint density at radius 1 is 1.21 bits per heavy atom. The zero-order chi connectivity index (χ0) is 14.4. The third kappa shape index (κ3) is 3.87. The summed E-state index contributed by atoms with van der Waals surface area (Å²) in [6, 6.07) is 3.66. The number of nitrogens with one attached hydrogen (secondary N) is 1. The lowest BCUT2D eigenvalue weighted by Crippen LogP contribution is -2.40. The van der Waals surface area contributed by atoms with Crippen molar-refractivity contribution in [1.29, 1.82) is 0 Å². The van der Waals surface area contributed by atoms with Crippen LogP contribution in [0.2, 0.25) is 0 Å². The number of hydrogen-bond acceptors (Lipinski definition) is 4. The van der Waals surface area contributed by atoms with E-state index >= 15 is 0 Å². The molecule has 0 radical (unpaired) electrons. The van der Waals surface area contributed by atoms with Crippen molar-refractivity contribution in [3.05, 3.63) is 23.8 Å². The van der Waals surface area contributed by atoms with Gasteiger partial charge in [-0.25, -0.2) is 0 Å². The van der Waals surface area contributed by atoms with Crippen molar-refractivity contribution < 1.29 is 19.8 Å². The van der Waals surface area contributed by atoms with E-state index in [0.717, 1.165) is 6.07 Å². The molecule has 3 N–H and O–H groups in total. The molecule has 0 aliphatic carbocycles. The van der Waals surface area contributed by atoms with Crippen molar-refractivity contribution >= 4 is 11.8 Å². The highest BCUT2D eigenvalue weighted by molar-refractivity contribution is 5.98. The SMILES string of the molecule is CCN(CC)C(=O)CNC(=O)c1ccc(O)cc1O. The number of carbonyl (C=O) groups is 2. The van der Waals surface area contributed by atoms with E-state index in [9.17, 15) is 14.7 Å². The zero-order valence-corrected chi connectivity index (χ0v) is 11.0. The summed E-state index contributed by atoms with van der Waals surface area (Å²) in [4.78, 5) is 25.0. The second kappa shape index (κ2) is 6.63. The van der Waals surface area contributed by atoms with Crippen LogP contribution in [0.3, 0.4) is 0 Å². The first-order chi connectivity index (χ1) is 8.99. The average Bonchev–Trinajstić information content (AvgIpc) is 2.37. The minimum Gasteiger partial charge on any atom is -0.508 e. The molecule has 0 bridgehead atoms. The number of phenols is 2. The maximum Gasteiger partial charge on any atom is 0.255 e. The Morgan fingerprint density at radius 3 is 2.37 bits per heavy atom. The van der Waals surface area contributed by atoms with Crippen molar-refractivity contribution in [2.24, 2.45) is 0 Å². The summed E-state index contributed by atoms with van der Waals surface area (Å²) >= 11 is 0. The maximum absolute atomic E-state index is 11.8. The predicted molar refractivity (Wildman–Crippen MR) is 70.0 cm³/mol. The number of carbonyl (C=O) groups excluding carboxylic acids is 2. The molecule has 0 unspecified atom stereocenters. The molecule has 1 aromatic rings. The molecule has 0 saturated carbocycles. The molecule has 19 heavy (non-hydrogen) atoms. The van der Waals surface area contributed by atoms with Gasteiger partial charge >= 0.3 is 0 Å². The lowest BCUT2D eigenvalue weighted by molar-refractivity contribution is -0.129. The van der Waals surface area contributed by atoms with Gasteiger partial charge in [0.05, 0.1) is 12.1 Å². The van der Waals surface area contributed by atoms with Crippen LogP contribution in [0.5, 0.6) is 11.5 Å². The van der Waals surface area contributed by atoms with Crippen LogP contribution < -0.4 is 5.32 Å². The topological polar surface area (TPSA) is 89.9 Å². The smallest absolute Gasteiger partial charge is 0.255 e. The van der Waals surface area contributed by atoms with E-state index < -0.39 is 5.91 Å². The van der Waals surface area contributed by atoms with E-state index in [4.69, 9.17) is 5.11 Å². The molecular weight excluding hydrogens is 248 g/mol. The van der Waals surface area contributed by atoms with Gasteiger partial charge in [0.1, 0.15) is 11.5 Å². The van der Waals surface area contributed by atoms with E-state index in [0.29, 0.717) is 13.1 Å². The van der Waals surface area contributed by atoms with E-state index in [-0.39, 0.29) is 29.5 Å². The van der Waals surface area contributed by atoms with Gasteiger partial charge < -0.3 is 20.4 Å². The summed E-state index contributed by atoms with van der Waals surface area (Å²) in [5.74, 6) is -1.20. The number of rotatable bonds is 5. The largest absolute Gasteiger partial charge is 0.508 e. The quantitative estimate of drug-likeness (QED) is 0.731. The highest BCUT2D eigenvalue weighted by Crippen LogP contribution is 2.22. The summed E-state index contributed by atoms with van der Waals surface area (Å²) in [5.41, 5.74) is 0.0187. The Balaban J connectivity index is 2.63. The fourth-order valence-corrected chi connectivity index (χ4v) is 1.65. The van der Waals surface area contributed by atoms with Gasteiger partial charge in [0.25, 0.3) is 5.91 Å². The second-order valence-corrected chi connectivity index (χ2v) is 3.95. The molecule has 0 aliphatic heterocycles. The maximum atomic E-state index is 11.8. The standard InChI is InChI=1S/C13H18N2O4/c1-3-15(4-2)12(18)8-14-13(19)10-6-5-9(16)7-11(10)17/h5-7,16-17H,3-4,8H2,1-2H3,(H,14,19). The highest BCUT2D eigenvalue weighted by atomic mass is 16.3. The summed E-state index contributed by atoms with van der Waals surface area (Å²) in [7, 11) is 0. The van der Waals surface area contributed by atoms with Crippen molar-refractivity contribution in [1.82, 2.24) is 10.2 Å². The van der Waals surface area contributed by atoms with Crippen molar-refractivity contribution in [3.8, 4) is 11.5 Å². The van der Waals surface area contributed by atoms with Crippen LogP contribution in [0.1, 0.15) is 24.2 Å². The van der Waals surface area contributed by atoms with Crippen LogP contribution in [-0.2, 0) is 4.79 Å². The van der Waals surface area contributed by atoms with E-state index in [1.54, 1.807) is 4.90 Å². The number of likely N-dealkylation sites (N-methyl/N-ethyl adjacent to an activating group) is 1. The molecule has 0 fully saturated rings. The molecule has 0 heterocycles. The fourth-order valence-electron chi connectivity index (χ4n) is 1.65. The molecule has 6 heteroatoms. The second-order valence-electron chi connectivity index (χ2n) is 3.95. The van der Waals surface area contributed by atoms with E-state index in [2.05, 4.69) is 5.32 Å². The predicted octanol–water partition coefficient (Wildman–Crippen LogP) is 0.696. The summed E-state index contributed by atoms with van der Waals surface area (Å²) < 4.78 is 0. The van der Waals surface area contributed by atoms with E-state index in [1.807, 2.05) is 13.8 Å². The van der Waals surface area contributed by atoms with Gasteiger partial charge in [0.15, 0.2) is 0 Å². The molecular formula is C13H18N2O4. The van der Waals surface area contributed by atoms with Crippen molar-refractivity contribution in [2.45, 2.75) is 13.8 Å². The van der Waals surface area contributed by atoms with Gasteiger partial charge in [-0.2, -0.15) is 0 Å². The fraction of sp³-hybridized carbons (Fsp3) is 0.385. The molecule has 0 atom stereocenters. The third-order valence-electron chi connectivity index (χ3n) is 2.74. The molecule has 1 aromatic carbocycles. The van der Waals surface area contributed by atoms with Crippen LogP contribution in [0.4, 0.5) is 0 Å². The summed E-state index contributed by atoms with van der Waals surface area (Å²) in [6.07, 6.45) is 0. The molecule has 6 nitrogen and oxygen atoms in total. The molecule has 1 rings (SSSR count). The van der Waals surface area contributed by atoms with Gasteiger partial charge in [0.2, 0.25) is 5.91 Å². The van der Waals surface area contributed by atoms with Gasteiger partial charge in [-0.1, -0.05) is 0 Å². The minimum atomic E-state index is -0.557. The lowest BCUT2D eigenvalue weighted by atomic mass is 10.2. The van der Waals surface area contributed by atoms with Crippen LogP contribution in [-0.4, -0.2) is 46.6 Å². The molecule has 0 saturated heterocycles. The van der Waals surface area contributed by atoms with Crippen LogP contribution in [0.15, 0.2) is 18.2 Å². The van der Waals surface area contributed by atoms with Crippen LogP contribution in [0, 0.1) is 0 Å². The Morgan fingerprint density at radius 2 is 1.84 bits per heavy atom.